The second-order valence-corrected chi connectivity index (χ2v) is 14.5. The lowest BCUT2D eigenvalue weighted by atomic mass is 9.75. The number of fused-ring (bicyclic) bond motifs is 1. The molecular formula is C33H36F3N5O4S. The molecule has 244 valence electrons. The highest BCUT2D eigenvalue weighted by atomic mass is 32.2. The van der Waals surface area contributed by atoms with Crippen LogP contribution in [0.25, 0.3) is 15.7 Å². The quantitative estimate of drug-likeness (QED) is 0.237. The molecule has 3 aliphatic rings. The number of alkyl halides is 3. The third-order valence-corrected chi connectivity index (χ3v) is 10.1. The summed E-state index contributed by atoms with van der Waals surface area (Å²) < 4.78 is 77.0. The molecule has 0 unspecified atom stereocenters. The highest BCUT2D eigenvalue weighted by molar-refractivity contribution is 7.90. The van der Waals surface area contributed by atoms with Crippen molar-refractivity contribution >= 4 is 32.1 Å². The molecule has 3 heterocycles. The minimum Gasteiger partial charge on any atom is -0.424 e. The maximum Gasteiger partial charge on any atom is 0.406 e. The van der Waals surface area contributed by atoms with Gasteiger partial charge in [-0.3, -0.25) is 9.74 Å². The summed E-state index contributed by atoms with van der Waals surface area (Å²) in [6.07, 6.45) is 0.792. The number of aromatic nitrogens is 1. The Hall–Kier alpha value is -3.91. The molecule has 0 atom stereocenters. The van der Waals surface area contributed by atoms with Gasteiger partial charge in [-0.1, -0.05) is 12.0 Å². The van der Waals surface area contributed by atoms with Crippen LogP contribution in [0.2, 0.25) is 0 Å². The molecule has 0 amide bonds. The Kier molecular flexibility index (Phi) is 8.85. The molecule has 2 aliphatic heterocycles. The number of nitrogens with one attached hydrogen (secondary N) is 2. The number of ether oxygens (including phenoxy) is 2. The highest BCUT2D eigenvalue weighted by Crippen LogP contribution is 2.41. The van der Waals surface area contributed by atoms with Crippen LogP contribution < -0.4 is 15.4 Å². The van der Waals surface area contributed by atoms with Crippen molar-refractivity contribution in [3.05, 3.63) is 59.6 Å². The molecule has 2 saturated heterocycles. The monoisotopic (exact) mass is 655 g/mol. The standard InChI is InChI=1S/C33H36F3N5O4S/c1-37-22-45-31-16-26(46(2,42)43)12-13-29(31)38-14-4-5-25-15-27-28(6-3-7-30(27)41(25)19-33(34,35)36)39-23-8-10-24(11-9-23)40-17-32(18-40)20-44-21-32/h3,6-7,12-13,15-16,23-24,38-39H,8-11,14,17-22H2,2H3. The molecule has 0 bridgehead atoms. The van der Waals surface area contributed by atoms with Gasteiger partial charge in [-0.05, 0) is 61.9 Å². The number of likely N-dealkylation sites (tertiary alicyclic amines) is 1. The summed E-state index contributed by atoms with van der Waals surface area (Å²) in [5, 5.41) is 7.32. The van der Waals surface area contributed by atoms with E-state index in [1.807, 2.05) is 6.07 Å². The second-order valence-electron chi connectivity index (χ2n) is 12.5. The first-order chi connectivity index (χ1) is 21.9. The predicted octanol–water partition coefficient (Wildman–Crippen LogP) is 5.38. The molecule has 3 fully saturated rings. The summed E-state index contributed by atoms with van der Waals surface area (Å²) in [6, 6.07) is 12.1. The molecular weight excluding hydrogens is 619 g/mol. The Bertz CT molecular complexity index is 1800. The summed E-state index contributed by atoms with van der Waals surface area (Å²) in [4.78, 5) is 5.75. The van der Waals surface area contributed by atoms with E-state index in [1.54, 1.807) is 18.2 Å². The number of halogens is 3. The molecule has 46 heavy (non-hydrogen) atoms. The summed E-state index contributed by atoms with van der Waals surface area (Å²) in [6.45, 7) is 9.53. The van der Waals surface area contributed by atoms with Gasteiger partial charge in [0.1, 0.15) is 6.54 Å². The van der Waals surface area contributed by atoms with Crippen LogP contribution in [0, 0.1) is 23.8 Å². The van der Waals surface area contributed by atoms with Crippen molar-refractivity contribution in [1.82, 2.24) is 9.47 Å². The normalized spacial score (nSPS) is 21.0. The van der Waals surface area contributed by atoms with E-state index in [9.17, 15) is 21.6 Å². The molecule has 1 saturated carbocycles. The lowest BCUT2D eigenvalue weighted by Crippen LogP contribution is -2.68. The van der Waals surface area contributed by atoms with Gasteiger partial charge in [-0.25, -0.2) is 15.0 Å². The van der Waals surface area contributed by atoms with E-state index in [0.29, 0.717) is 28.0 Å². The van der Waals surface area contributed by atoms with Crippen LogP contribution in [-0.2, 0) is 21.1 Å². The van der Waals surface area contributed by atoms with Gasteiger partial charge in [0.25, 0.3) is 0 Å². The van der Waals surface area contributed by atoms with E-state index in [2.05, 4.69) is 32.2 Å². The summed E-state index contributed by atoms with van der Waals surface area (Å²) in [7, 11) is -3.50. The number of sulfone groups is 1. The maximum absolute atomic E-state index is 13.7. The lowest BCUT2D eigenvalue weighted by Gasteiger charge is -2.58. The van der Waals surface area contributed by atoms with Gasteiger partial charge >= 0.3 is 12.9 Å². The maximum atomic E-state index is 13.7. The fourth-order valence-corrected chi connectivity index (χ4v) is 7.33. The van der Waals surface area contributed by atoms with E-state index < -0.39 is 22.6 Å². The molecule has 13 heteroatoms. The summed E-state index contributed by atoms with van der Waals surface area (Å²) in [5.41, 5.74) is 2.29. The van der Waals surface area contributed by atoms with Crippen molar-refractivity contribution in [2.75, 3.05) is 56.5 Å². The van der Waals surface area contributed by atoms with Gasteiger partial charge in [0, 0.05) is 54.0 Å². The van der Waals surface area contributed by atoms with Crippen LogP contribution in [0.5, 0.6) is 5.75 Å². The number of benzene rings is 2. The fourth-order valence-electron chi connectivity index (χ4n) is 6.69. The van der Waals surface area contributed by atoms with Gasteiger partial charge in [-0.2, -0.15) is 13.2 Å². The minimum absolute atomic E-state index is 0.0341. The van der Waals surface area contributed by atoms with Crippen molar-refractivity contribution in [3.8, 4) is 17.6 Å². The third-order valence-electron chi connectivity index (χ3n) is 9.00. The fraction of sp³-hybridized carbons (Fsp3) is 0.485. The van der Waals surface area contributed by atoms with Crippen LogP contribution in [0.1, 0.15) is 31.4 Å². The molecule has 2 N–H and O–H groups in total. The van der Waals surface area contributed by atoms with Crippen molar-refractivity contribution in [2.45, 2.75) is 55.4 Å². The topological polar surface area (TPSA) is 89.2 Å². The van der Waals surface area contributed by atoms with Crippen molar-refractivity contribution in [1.29, 1.82) is 0 Å². The van der Waals surface area contributed by atoms with Crippen molar-refractivity contribution < 1.29 is 31.1 Å². The average Bonchev–Trinajstić information content (AvgIpc) is 3.30. The van der Waals surface area contributed by atoms with Crippen molar-refractivity contribution in [2.24, 2.45) is 5.41 Å². The zero-order chi connectivity index (χ0) is 32.5. The van der Waals surface area contributed by atoms with E-state index in [4.69, 9.17) is 16.0 Å². The van der Waals surface area contributed by atoms with E-state index >= 15 is 0 Å². The van der Waals surface area contributed by atoms with Crippen LogP contribution in [-0.4, -0.2) is 82.0 Å². The van der Waals surface area contributed by atoms with Crippen LogP contribution in [0.3, 0.4) is 0 Å². The molecule has 9 nitrogen and oxygen atoms in total. The third kappa shape index (κ3) is 7.07. The predicted molar refractivity (Wildman–Crippen MR) is 170 cm³/mol. The second kappa shape index (κ2) is 12.7. The Morgan fingerprint density at radius 1 is 1.11 bits per heavy atom. The number of anilines is 2. The van der Waals surface area contributed by atoms with Gasteiger partial charge < -0.3 is 24.7 Å². The van der Waals surface area contributed by atoms with Crippen LogP contribution in [0.15, 0.2) is 47.4 Å². The van der Waals surface area contributed by atoms with E-state index in [0.717, 1.165) is 63.9 Å². The first kappa shape index (κ1) is 32.0. The first-order valence-corrected chi connectivity index (χ1v) is 17.1. The average molecular weight is 656 g/mol. The zero-order valence-electron chi connectivity index (χ0n) is 25.5. The molecule has 2 aromatic carbocycles. The number of rotatable bonds is 9. The minimum atomic E-state index is -4.44. The largest absolute Gasteiger partial charge is 0.424 e. The molecule has 1 spiro atoms. The van der Waals surface area contributed by atoms with Gasteiger partial charge in [0.05, 0.1) is 41.6 Å². The number of hydrogen-bond donors (Lipinski definition) is 2. The smallest absolute Gasteiger partial charge is 0.406 e. The molecule has 1 aromatic heterocycles. The van der Waals surface area contributed by atoms with Gasteiger partial charge in [-0.15, -0.1) is 0 Å². The lowest BCUT2D eigenvalue weighted by molar-refractivity contribution is -0.200. The highest BCUT2D eigenvalue weighted by Gasteiger charge is 2.50. The SMILES string of the molecule is [C-]#[N+]COc1cc(S(C)(=O)=O)ccc1NCC#Cc1cc2c(NC3CCC(N4CC5(COC5)C4)CC3)cccc2n1CC(F)(F)F. The summed E-state index contributed by atoms with van der Waals surface area (Å²) in [5.74, 6) is 5.95. The number of hydrogen-bond acceptors (Lipinski definition) is 7. The Balaban J connectivity index is 1.16. The number of nitrogens with zero attached hydrogens (tertiary/aromatic N) is 3. The Morgan fingerprint density at radius 2 is 1.87 bits per heavy atom. The molecule has 0 radical (unpaired) electrons. The zero-order valence-corrected chi connectivity index (χ0v) is 26.3. The summed E-state index contributed by atoms with van der Waals surface area (Å²) >= 11 is 0. The van der Waals surface area contributed by atoms with E-state index in [-0.39, 0.29) is 35.7 Å². The Morgan fingerprint density at radius 3 is 2.52 bits per heavy atom. The van der Waals surface area contributed by atoms with Gasteiger partial charge in [0.2, 0.25) is 0 Å². The van der Waals surface area contributed by atoms with Crippen molar-refractivity contribution in [3.63, 3.8) is 0 Å². The first-order valence-electron chi connectivity index (χ1n) is 15.2. The van der Waals surface area contributed by atoms with E-state index in [1.165, 1.54) is 22.8 Å². The van der Waals surface area contributed by atoms with Crippen LogP contribution >= 0.6 is 0 Å². The molecule has 3 aromatic rings. The van der Waals surface area contributed by atoms with Crippen LogP contribution in [0.4, 0.5) is 24.5 Å². The van der Waals surface area contributed by atoms with Gasteiger partial charge in [0.15, 0.2) is 15.6 Å². The Labute approximate surface area is 266 Å². The molecule has 1 aliphatic carbocycles. The molecule has 6 rings (SSSR count).